The smallest absolute Gasteiger partial charge is 0.380 e. The number of nitrogens with one attached hydrogen (secondary N) is 1. The summed E-state index contributed by atoms with van der Waals surface area (Å²) in [7, 11) is -4.02. The van der Waals surface area contributed by atoms with Crippen molar-refractivity contribution in [2.24, 2.45) is 5.92 Å². The zero-order chi connectivity index (χ0) is 28.4. The summed E-state index contributed by atoms with van der Waals surface area (Å²) in [5.41, 5.74) is -1.82. The molecular formula is C26H34ClN2O9P. The van der Waals surface area contributed by atoms with E-state index in [1.807, 2.05) is 0 Å². The Labute approximate surface area is 232 Å². The topological polar surface area (TPSA) is 144 Å². The maximum Gasteiger partial charge on any atom is 0.380 e. The van der Waals surface area contributed by atoms with Crippen molar-refractivity contribution < 1.29 is 42.9 Å². The third-order valence-electron chi connectivity index (χ3n) is 6.95. The third kappa shape index (κ3) is 7.03. The van der Waals surface area contributed by atoms with Crippen LogP contribution in [0.5, 0.6) is 5.75 Å². The Balaban J connectivity index is 1.47. The average molecular weight is 585 g/mol. The van der Waals surface area contributed by atoms with E-state index in [4.69, 9.17) is 30.1 Å². The van der Waals surface area contributed by atoms with Crippen LogP contribution in [-0.2, 0) is 28.2 Å². The average Bonchev–Trinajstić information content (AvgIpc) is 3.46. The molecule has 13 heteroatoms. The molecule has 3 N–H and O–H groups in total. The van der Waals surface area contributed by atoms with Crippen LogP contribution in [0, 0.1) is 5.92 Å². The standard InChI is InChI=1S/C26H34ClN2O9P/c1-16(24(32)36-19-6-4-5-7-19)15-39(34,38-20-10-8-18(27)9-11-20)35-14-21-23(31)26(3,33)25(37-21)29-13-12-22(30)28-17(29)2/h8-13,16,19,21,23,25,31,33H,2,4-7,14-15H2,1,3H3,(H,28,30)/t16-,21-,23+,25-,26?,39-/m1/s1. The van der Waals surface area contributed by atoms with Crippen LogP contribution in [0.15, 0.2) is 48.9 Å². The molecule has 1 amide bonds. The molecule has 6 atom stereocenters. The highest BCUT2D eigenvalue weighted by Gasteiger charge is 2.55. The molecule has 4 rings (SSSR count). The van der Waals surface area contributed by atoms with E-state index in [9.17, 15) is 24.4 Å². The van der Waals surface area contributed by atoms with Crippen molar-refractivity contribution in [3.63, 3.8) is 0 Å². The van der Waals surface area contributed by atoms with Gasteiger partial charge in [0.1, 0.15) is 35.5 Å². The Hall–Kier alpha value is -2.40. The molecule has 1 aliphatic carbocycles. The lowest BCUT2D eigenvalue weighted by atomic mass is 9.96. The van der Waals surface area contributed by atoms with E-state index in [0.717, 1.165) is 25.7 Å². The second kappa shape index (κ2) is 12.0. The van der Waals surface area contributed by atoms with Crippen LogP contribution in [0.25, 0.3) is 0 Å². The number of carbonyl (C=O) groups is 2. The molecule has 0 radical (unpaired) electrons. The van der Waals surface area contributed by atoms with Gasteiger partial charge in [-0.1, -0.05) is 25.1 Å². The fraction of sp³-hybridized carbons (Fsp3) is 0.538. The first-order valence-corrected chi connectivity index (χ1v) is 14.9. The van der Waals surface area contributed by atoms with Crippen molar-refractivity contribution in [3.8, 4) is 5.75 Å². The SMILES string of the molecule is C=C1NC(=O)C=CN1[C@@H]1O[C@H](CO[P@](=O)(C[C@@H](C)C(=O)OC2CCCC2)Oc2ccc(Cl)cc2)[C@H](O)C1(C)O. The molecule has 0 aromatic heterocycles. The molecule has 1 saturated carbocycles. The molecule has 1 aromatic carbocycles. The number of hydrogen-bond donors (Lipinski definition) is 3. The Bertz CT molecular complexity index is 1150. The summed E-state index contributed by atoms with van der Waals surface area (Å²) in [6.45, 7) is 6.27. The van der Waals surface area contributed by atoms with Crippen LogP contribution >= 0.6 is 19.2 Å². The molecule has 2 fully saturated rings. The minimum Gasteiger partial charge on any atom is -0.462 e. The molecule has 214 valence electrons. The summed E-state index contributed by atoms with van der Waals surface area (Å²) < 4.78 is 36.9. The van der Waals surface area contributed by atoms with Gasteiger partial charge in [0.25, 0.3) is 5.91 Å². The zero-order valence-corrected chi connectivity index (χ0v) is 23.5. The second-order valence-electron chi connectivity index (χ2n) is 10.2. The lowest BCUT2D eigenvalue weighted by molar-refractivity contribution is -0.152. The second-order valence-corrected chi connectivity index (χ2v) is 12.7. The highest BCUT2D eigenvalue weighted by atomic mass is 35.5. The van der Waals surface area contributed by atoms with Gasteiger partial charge in [-0.3, -0.25) is 14.1 Å². The van der Waals surface area contributed by atoms with Gasteiger partial charge in [-0.2, -0.15) is 0 Å². The van der Waals surface area contributed by atoms with Crippen LogP contribution in [-0.4, -0.2) is 69.9 Å². The van der Waals surface area contributed by atoms with Crippen LogP contribution in [0.2, 0.25) is 5.02 Å². The lowest BCUT2D eigenvalue weighted by Crippen LogP contribution is -2.53. The molecule has 0 spiro atoms. The number of esters is 1. The van der Waals surface area contributed by atoms with Crippen LogP contribution in [0.4, 0.5) is 0 Å². The third-order valence-corrected chi connectivity index (χ3v) is 9.23. The summed E-state index contributed by atoms with van der Waals surface area (Å²) in [6.07, 6.45) is 2.02. The van der Waals surface area contributed by atoms with Crippen LogP contribution in [0.1, 0.15) is 39.5 Å². The largest absolute Gasteiger partial charge is 0.462 e. The maximum atomic E-state index is 13.9. The van der Waals surface area contributed by atoms with Gasteiger partial charge in [0.05, 0.1) is 18.7 Å². The molecule has 1 aromatic rings. The molecule has 11 nitrogen and oxygen atoms in total. The molecule has 39 heavy (non-hydrogen) atoms. The molecule has 2 heterocycles. The van der Waals surface area contributed by atoms with E-state index in [1.54, 1.807) is 19.1 Å². The van der Waals surface area contributed by atoms with E-state index >= 15 is 0 Å². The van der Waals surface area contributed by atoms with Crippen molar-refractivity contribution in [1.82, 2.24) is 10.2 Å². The van der Waals surface area contributed by atoms with Crippen molar-refractivity contribution in [2.75, 3.05) is 12.8 Å². The molecule has 2 aliphatic heterocycles. The molecule has 0 bridgehead atoms. The predicted octanol–water partition coefficient (Wildman–Crippen LogP) is 3.30. The number of aliphatic hydroxyl groups is 2. The van der Waals surface area contributed by atoms with Gasteiger partial charge in [0.15, 0.2) is 6.23 Å². The summed E-state index contributed by atoms with van der Waals surface area (Å²) in [4.78, 5) is 25.7. The summed E-state index contributed by atoms with van der Waals surface area (Å²) in [5.74, 6) is -1.34. The fourth-order valence-electron chi connectivity index (χ4n) is 4.74. The number of ether oxygens (including phenoxy) is 2. The van der Waals surface area contributed by atoms with E-state index < -0.39 is 56.0 Å². The minimum absolute atomic E-state index is 0.146. The van der Waals surface area contributed by atoms with E-state index in [-0.39, 0.29) is 23.8 Å². The predicted molar refractivity (Wildman–Crippen MR) is 142 cm³/mol. The minimum atomic E-state index is -4.02. The van der Waals surface area contributed by atoms with Gasteiger partial charge in [-0.15, -0.1) is 0 Å². The highest BCUT2D eigenvalue weighted by molar-refractivity contribution is 7.54. The quantitative estimate of drug-likeness (QED) is 0.277. The first-order valence-electron chi connectivity index (χ1n) is 12.8. The molecule has 3 aliphatic rings. The number of nitrogens with zero attached hydrogens (tertiary/aromatic N) is 1. The van der Waals surface area contributed by atoms with Gasteiger partial charge < -0.3 is 34.4 Å². The normalized spacial score (nSPS) is 29.7. The van der Waals surface area contributed by atoms with Gasteiger partial charge >= 0.3 is 13.6 Å². The van der Waals surface area contributed by atoms with E-state index in [2.05, 4.69) is 11.9 Å². The van der Waals surface area contributed by atoms with Crippen molar-refractivity contribution >= 4 is 31.1 Å². The molecule has 1 unspecified atom stereocenters. The van der Waals surface area contributed by atoms with Crippen LogP contribution < -0.4 is 9.84 Å². The number of carbonyl (C=O) groups excluding carboxylic acids is 2. The first kappa shape index (κ1) is 29.6. The fourth-order valence-corrected chi connectivity index (χ4v) is 6.74. The molecule has 1 saturated heterocycles. The number of halogens is 1. The lowest BCUT2D eigenvalue weighted by Gasteiger charge is -2.37. The Morgan fingerprint density at radius 1 is 1.33 bits per heavy atom. The Morgan fingerprint density at radius 3 is 2.64 bits per heavy atom. The summed E-state index contributed by atoms with van der Waals surface area (Å²) in [5, 5.41) is 24.9. The van der Waals surface area contributed by atoms with Crippen LogP contribution in [0.3, 0.4) is 0 Å². The zero-order valence-electron chi connectivity index (χ0n) is 21.8. The van der Waals surface area contributed by atoms with Crippen molar-refractivity contribution in [2.45, 2.75) is 69.7 Å². The molecular weight excluding hydrogens is 551 g/mol. The van der Waals surface area contributed by atoms with Crippen molar-refractivity contribution in [1.29, 1.82) is 0 Å². The maximum absolute atomic E-state index is 13.9. The van der Waals surface area contributed by atoms with E-state index in [0.29, 0.717) is 5.02 Å². The number of benzene rings is 1. The number of aliphatic hydroxyl groups excluding tert-OH is 1. The van der Waals surface area contributed by atoms with Gasteiger partial charge in [-0.25, -0.2) is 4.57 Å². The highest BCUT2D eigenvalue weighted by Crippen LogP contribution is 2.51. The summed E-state index contributed by atoms with van der Waals surface area (Å²) >= 11 is 5.95. The summed E-state index contributed by atoms with van der Waals surface area (Å²) in [6, 6.07) is 6.15. The van der Waals surface area contributed by atoms with Gasteiger partial charge in [0.2, 0.25) is 0 Å². The van der Waals surface area contributed by atoms with E-state index in [1.165, 1.54) is 36.2 Å². The van der Waals surface area contributed by atoms with Gasteiger partial charge in [-0.05, 0) is 56.9 Å². The number of hydrogen-bond acceptors (Lipinski definition) is 10. The first-order chi connectivity index (χ1) is 18.4. The number of amides is 1. The number of rotatable bonds is 10. The Morgan fingerprint density at radius 2 is 2.00 bits per heavy atom. The van der Waals surface area contributed by atoms with Crippen molar-refractivity contribution in [3.05, 3.63) is 54.0 Å². The Kier molecular flexibility index (Phi) is 9.10. The van der Waals surface area contributed by atoms with Gasteiger partial charge in [0, 0.05) is 17.3 Å². The monoisotopic (exact) mass is 584 g/mol.